The fraction of sp³-hybridized carbons (Fsp3) is 0.923. The third kappa shape index (κ3) is 10.1. The van der Waals surface area contributed by atoms with Gasteiger partial charge >= 0.3 is 6.09 Å². The molecule has 0 aromatic heterocycles. The lowest BCUT2D eigenvalue weighted by Gasteiger charge is -2.26. The van der Waals surface area contributed by atoms with Crippen molar-refractivity contribution in [2.24, 2.45) is 5.92 Å². The summed E-state index contributed by atoms with van der Waals surface area (Å²) < 4.78 is 5.26. The van der Waals surface area contributed by atoms with Crippen molar-refractivity contribution < 1.29 is 9.53 Å². The number of likely N-dealkylation sites (N-methyl/N-ethyl adjacent to an activating group) is 1. The van der Waals surface area contributed by atoms with Crippen LogP contribution >= 0.6 is 0 Å². The molecule has 17 heavy (non-hydrogen) atoms. The number of hydrogen-bond donors (Lipinski definition) is 1. The number of hydrogen-bond acceptors (Lipinski definition) is 3. The lowest BCUT2D eigenvalue weighted by atomic mass is 10.0. The quantitative estimate of drug-likeness (QED) is 0.808. The largest absolute Gasteiger partial charge is 0.444 e. The molecular formula is C13H28N2O2. The van der Waals surface area contributed by atoms with Gasteiger partial charge in [-0.3, -0.25) is 0 Å². The van der Waals surface area contributed by atoms with E-state index in [1.165, 1.54) is 0 Å². The van der Waals surface area contributed by atoms with E-state index in [4.69, 9.17) is 4.74 Å². The Labute approximate surface area is 106 Å². The van der Waals surface area contributed by atoms with Gasteiger partial charge in [-0.25, -0.2) is 4.79 Å². The van der Waals surface area contributed by atoms with Gasteiger partial charge in [-0.1, -0.05) is 13.8 Å². The van der Waals surface area contributed by atoms with Crippen LogP contribution < -0.4 is 5.32 Å². The Balaban J connectivity index is 4.27. The maximum absolute atomic E-state index is 11.7. The number of carbonyl (C=O) groups excluding carboxylic acids is 1. The SMILES string of the molecule is CC(C)CC(CN(C)C)NC(=O)OC(C)(C)C. The van der Waals surface area contributed by atoms with Crippen molar-refractivity contribution >= 4 is 6.09 Å². The van der Waals surface area contributed by atoms with Crippen LogP contribution in [0.3, 0.4) is 0 Å². The number of amides is 1. The fourth-order valence-electron chi connectivity index (χ4n) is 1.66. The molecule has 0 saturated carbocycles. The lowest BCUT2D eigenvalue weighted by Crippen LogP contribution is -2.44. The molecule has 0 rings (SSSR count). The molecule has 102 valence electrons. The number of carbonyl (C=O) groups is 1. The molecule has 0 radical (unpaired) electrons. The Morgan fingerprint density at radius 1 is 1.29 bits per heavy atom. The van der Waals surface area contributed by atoms with E-state index in [1.807, 2.05) is 34.9 Å². The second-order valence-electron chi connectivity index (χ2n) is 6.23. The topological polar surface area (TPSA) is 41.6 Å². The molecule has 0 heterocycles. The molecule has 4 nitrogen and oxygen atoms in total. The predicted molar refractivity (Wildman–Crippen MR) is 71.2 cm³/mol. The first-order valence-corrected chi connectivity index (χ1v) is 6.24. The van der Waals surface area contributed by atoms with Crippen LogP contribution in [0, 0.1) is 5.92 Å². The molecule has 1 atom stereocenters. The van der Waals surface area contributed by atoms with Crippen molar-refractivity contribution in [3.8, 4) is 0 Å². The Bertz CT molecular complexity index is 222. The fourth-order valence-corrected chi connectivity index (χ4v) is 1.66. The molecule has 0 saturated heterocycles. The molecule has 0 fully saturated rings. The highest BCUT2D eigenvalue weighted by Crippen LogP contribution is 2.09. The molecule has 4 heteroatoms. The van der Waals surface area contributed by atoms with Gasteiger partial charge < -0.3 is 15.0 Å². The molecule has 0 aliphatic heterocycles. The van der Waals surface area contributed by atoms with Gasteiger partial charge in [0.15, 0.2) is 0 Å². The van der Waals surface area contributed by atoms with Gasteiger partial charge in [-0.15, -0.1) is 0 Å². The van der Waals surface area contributed by atoms with Crippen LogP contribution in [0.2, 0.25) is 0 Å². The summed E-state index contributed by atoms with van der Waals surface area (Å²) in [5.41, 5.74) is -0.440. The number of ether oxygens (including phenoxy) is 1. The molecule has 1 N–H and O–H groups in total. The molecular weight excluding hydrogens is 216 g/mol. The summed E-state index contributed by atoms with van der Waals surface area (Å²) in [5, 5.41) is 2.93. The summed E-state index contributed by atoms with van der Waals surface area (Å²) in [4.78, 5) is 13.8. The average Bonchev–Trinajstić information content (AvgIpc) is 1.95. The zero-order valence-corrected chi connectivity index (χ0v) is 12.3. The molecule has 0 aliphatic rings. The Morgan fingerprint density at radius 3 is 2.18 bits per heavy atom. The smallest absolute Gasteiger partial charge is 0.407 e. The van der Waals surface area contributed by atoms with E-state index in [0.717, 1.165) is 13.0 Å². The molecule has 0 aliphatic carbocycles. The Morgan fingerprint density at radius 2 is 1.82 bits per heavy atom. The summed E-state index contributed by atoms with van der Waals surface area (Å²) in [7, 11) is 4.01. The normalized spacial score (nSPS) is 13.9. The van der Waals surface area contributed by atoms with E-state index in [9.17, 15) is 4.79 Å². The second-order valence-corrected chi connectivity index (χ2v) is 6.23. The number of rotatable bonds is 5. The van der Waals surface area contributed by atoms with Gasteiger partial charge in [0.2, 0.25) is 0 Å². The van der Waals surface area contributed by atoms with Crippen molar-refractivity contribution in [1.82, 2.24) is 10.2 Å². The van der Waals surface area contributed by atoms with Crippen LogP contribution in [0.4, 0.5) is 4.79 Å². The highest BCUT2D eigenvalue weighted by Gasteiger charge is 2.20. The minimum Gasteiger partial charge on any atom is -0.444 e. The lowest BCUT2D eigenvalue weighted by molar-refractivity contribution is 0.0490. The summed E-state index contributed by atoms with van der Waals surface area (Å²) in [5.74, 6) is 0.551. The van der Waals surface area contributed by atoms with Gasteiger partial charge in [0.05, 0.1) is 0 Å². The first kappa shape index (κ1) is 16.2. The molecule has 0 aromatic carbocycles. The van der Waals surface area contributed by atoms with Crippen LogP contribution in [0.15, 0.2) is 0 Å². The van der Waals surface area contributed by atoms with Crippen molar-refractivity contribution in [3.05, 3.63) is 0 Å². The molecule has 0 spiro atoms. The van der Waals surface area contributed by atoms with Gasteiger partial charge in [0.1, 0.15) is 5.60 Å². The summed E-state index contributed by atoms with van der Waals surface area (Å²) in [6, 6.07) is 0.139. The number of nitrogens with one attached hydrogen (secondary N) is 1. The highest BCUT2D eigenvalue weighted by atomic mass is 16.6. The molecule has 0 bridgehead atoms. The van der Waals surface area contributed by atoms with E-state index in [1.54, 1.807) is 0 Å². The molecule has 0 aromatic rings. The van der Waals surface area contributed by atoms with E-state index in [2.05, 4.69) is 24.1 Å². The van der Waals surface area contributed by atoms with E-state index < -0.39 is 5.60 Å². The van der Waals surface area contributed by atoms with Gasteiger partial charge in [-0.05, 0) is 47.2 Å². The first-order chi connectivity index (χ1) is 7.60. The van der Waals surface area contributed by atoms with E-state index >= 15 is 0 Å². The Hall–Kier alpha value is -0.770. The summed E-state index contributed by atoms with van der Waals surface area (Å²) >= 11 is 0. The minimum atomic E-state index is -0.440. The standard InChI is InChI=1S/C13H28N2O2/c1-10(2)8-11(9-15(6)7)14-12(16)17-13(3,4)5/h10-11H,8-9H2,1-7H3,(H,14,16). The monoisotopic (exact) mass is 244 g/mol. The van der Waals surface area contributed by atoms with Crippen molar-refractivity contribution in [1.29, 1.82) is 0 Å². The number of alkyl carbamates (subject to hydrolysis) is 1. The zero-order valence-electron chi connectivity index (χ0n) is 12.3. The van der Waals surface area contributed by atoms with Crippen LogP contribution in [0.5, 0.6) is 0 Å². The van der Waals surface area contributed by atoms with Crippen LogP contribution in [-0.2, 0) is 4.74 Å². The maximum Gasteiger partial charge on any atom is 0.407 e. The van der Waals surface area contributed by atoms with Crippen LogP contribution in [0.1, 0.15) is 41.0 Å². The molecule has 1 unspecified atom stereocenters. The third-order valence-electron chi connectivity index (χ3n) is 2.06. The number of nitrogens with zero attached hydrogens (tertiary/aromatic N) is 1. The Kier molecular flexibility index (Phi) is 6.53. The highest BCUT2D eigenvalue weighted by molar-refractivity contribution is 5.68. The van der Waals surface area contributed by atoms with Crippen LogP contribution in [-0.4, -0.2) is 43.3 Å². The average molecular weight is 244 g/mol. The summed E-state index contributed by atoms with van der Waals surface area (Å²) in [6.45, 7) is 10.7. The van der Waals surface area contributed by atoms with Gasteiger partial charge in [0, 0.05) is 12.6 Å². The van der Waals surface area contributed by atoms with Crippen molar-refractivity contribution in [2.45, 2.75) is 52.7 Å². The van der Waals surface area contributed by atoms with Crippen molar-refractivity contribution in [2.75, 3.05) is 20.6 Å². The second kappa shape index (κ2) is 6.84. The van der Waals surface area contributed by atoms with Gasteiger partial charge in [-0.2, -0.15) is 0 Å². The maximum atomic E-state index is 11.7. The third-order valence-corrected chi connectivity index (χ3v) is 2.06. The minimum absolute atomic E-state index is 0.139. The van der Waals surface area contributed by atoms with E-state index in [0.29, 0.717) is 5.92 Å². The van der Waals surface area contributed by atoms with Gasteiger partial charge in [0.25, 0.3) is 0 Å². The van der Waals surface area contributed by atoms with Crippen molar-refractivity contribution in [3.63, 3.8) is 0 Å². The summed E-state index contributed by atoms with van der Waals surface area (Å²) in [6.07, 6.45) is 0.627. The van der Waals surface area contributed by atoms with E-state index in [-0.39, 0.29) is 12.1 Å². The predicted octanol–water partition coefficient (Wildman–Crippen LogP) is 2.49. The zero-order chi connectivity index (χ0) is 13.6. The van der Waals surface area contributed by atoms with Crippen LogP contribution in [0.25, 0.3) is 0 Å². The molecule has 1 amide bonds. The first-order valence-electron chi connectivity index (χ1n) is 6.24.